The van der Waals surface area contributed by atoms with Crippen molar-refractivity contribution in [1.82, 2.24) is 9.97 Å². The second-order valence-corrected chi connectivity index (χ2v) is 7.96. The third-order valence-corrected chi connectivity index (χ3v) is 5.37. The number of aryl methyl sites for hydroxylation is 2. The normalized spacial score (nSPS) is 9.14. The summed E-state index contributed by atoms with van der Waals surface area (Å²) in [6, 6.07) is 19.6. The van der Waals surface area contributed by atoms with Gasteiger partial charge in [-0.15, -0.1) is 0 Å². The average molecular weight is 583 g/mol. The van der Waals surface area contributed by atoms with Gasteiger partial charge in [0.15, 0.2) is 0 Å². The molecule has 0 saturated carbocycles. The van der Waals surface area contributed by atoms with E-state index in [1.807, 2.05) is 86.7 Å². The molecule has 35 heavy (non-hydrogen) atoms. The van der Waals surface area contributed by atoms with Crippen molar-refractivity contribution in [2.24, 2.45) is 0 Å². The molecular weight excluding hydrogens is 556 g/mol. The van der Waals surface area contributed by atoms with Crippen LogP contribution < -0.4 is 17.2 Å². The van der Waals surface area contributed by atoms with Gasteiger partial charge in [-0.2, -0.15) is 15.5 Å². The van der Waals surface area contributed by atoms with Crippen LogP contribution >= 0.6 is 22.6 Å². The number of anilines is 3. The first-order chi connectivity index (χ1) is 16.7. The van der Waals surface area contributed by atoms with Gasteiger partial charge in [0.25, 0.3) is 0 Å². The van der Waals surface area contributed by atoms with Crippen LogP contribution in [0.5, 0.6) is 0 Å². The standard InChI is InChI=1S/C9H10N4.C8H8N2.C7H3FIN.C2H6/c1-5-3-2-4-6-7(5)8(10)13-9(11)12-6;1-6-3-2-4-8(10)7(6)5-9;8-6-2-1-3-7(9)5(6)4-10;1-2/h2-4H,1H3,(H4,10,11,12,13);2-4H,10H2,1H3;1-3H;1-2H3. The quantitative estimate of drug-likeness (QED) is 0.173. The Morgan fingerprint density at radius 1 is 0.800 bits per heavy atom. The summed E-state index contributed by atoms with van der Waals surface area (Å²) in [4.78, 5) is 7.99. The Labute approximate surface area is 218 Å². The van der Waals surface area contributed by atoms with Crippen molar-refractivity contribution in [3.05, 3.63) is 86.2 Å². The van der Waals surface area contributed by atoms with Crippen LogP contribution in [-0.4, -0.2) is 9.97 Å². The van der Waals surface area contributed by atoms with E-state index in [0.29, 0.717) is 20.6 Å². The molecule has 0 unspecified atom stereocenters. The number of halogens is 2. The van der Waals surface area contributed by atoms with Gasteiger partial charge in [-0.1, -0.05) is 44.2 Å². The summed E-state index contributed by atoms with van der Waals surface area (Å²) < 4.78 is 13.3. The molecule has 0 saturated heterocycles. The predicted molar refractivity (Wildman–Crippen MR) is 149 cm³/mol. The van der Waals surface area contributed by atoms with Gasteiger partial charge in [-0.25, -0.2) is 9.37 Å². The monoisotopic (exact) mass is 583 g/mol. The van der Waals surface area contributed by atoms with E-state index >= 15 is 0 Å². The second kappa shape index (κ2) is 14.3. The molecule has 0 aliphatic heterocycles. The number of nitrogens with zero attached hydrogens (tertiary/aromatic N) is 4. The van der Waals surface area contributed by atoms with Crippen molar-refractivity contribution in [3.63, 3.8) is 0 Å². The van der Waals surface area contributed by atoms with Crippen LogP contribution in [0.4, 0.5) is 21.8 Å². The van der Waals surface area contributed by atoms with E-state index in [-0.39, 0.29) is 11.5 Å². The number of fused-ring (bicyclic) bond motifs is 1. The van der Waals surface area contributed by atoms with Crippen molar-refractivity contribution in [3.8, 4) is 12.1 Å². The molecule has 0 bridgehead atoms. The van der Waals surface area contributed by atoms with E-state index in [9.17, 15) is 4.39 Å². The molecule has 0 aliphatic carbocycles. The third kappa shape index (κ3) is 8.09. The lowest BCUT2D eigenvalue weighted by Crippen LogP contribution is -2.01. The summed E-state index contributed by atoms with van der Waals surface area (Å²) in [7, 11) is 0. The summed E-state index contributed by atoms with van der Waals surface area (Å²) in [6.45, 7) is 7.84. The number of nitrogens with two attached hydrogens (primary N) is 3. The van der Waals surface area contributed by atoms with Crippen LogP contribution in [-0.2, 0) is 0 Å². The molecule has 7 nitrogen and oxygen atoms in total. The lowest BCUT2D eigenvalue weighted by atomic mass is 10.1. The van der Waals surface area contributed by atoms with Crippen LogP contribution in [0.3, 0.4) is 0 Å². The summed E-state index contributed by atoms with van der Waals surface area (Å²) in [5, 5.41) is 17.9. The largest absolute Gasteiger partial charge is 0.398 e. The van der Waals surface area contributed by atoms with E-state index < -0.39 is 5.82 Å². The van der Waals surface area contributed by atoms with Crippen LogP contribution in [0.15, 0.2) is 54.6 Å². The zero-order valence-electron chi connectivity index (χ0n) is 20.0. The molecule has 4 rings (SSSR count). The van der Waals surface area contributed by atoms with Gasteiger partial charge in [-0.3, -0.25) is 0 Å². The maximum atomic E-state index is 12.6. The third-order valence-electron chi connectivity index (χ3n) is 4.47. The zero-order valence-corrected chi connectivity index (χ0v) is 22.1. The van der Waals surface area contributed by atoms with Crippen LogP contribution in [0, 0.1) is 45.9 Å². The molecule has 0 atom stereocenters. The first kappa shape index (κ1) is 29.1. The lowest BCUT2D eigenvalue weighted by Gasteiger charge is -2.04. The molecule has 4 aromatic rings. The van der Waals surface area contributed by atoms with E-state index in [2.05, 4.69) is 9.97 Å². The Kier molecular flexibility index (Phi) is 11.9. The number of nitriles is 2. The predicted octanol–water partition coefficient (Wildman–Crippen LogP) is 5.88. The molecular formula is C26H27FIN7. The maximum Gasteiger partial charge on any atom is 0.222 e. The summed E-state index contributed by atoms with van der Waals surface area (Å²) in [5.74, 6) is 0.214. The fraction of sp³-hybridized carbons (Fsp3) is 0.154. The van der Waals surface area contributed by atoms with E-state index in [1.54, 1.807) is 24.3 Å². The number of hydrogen-bond donors (Lipinski definition) is 3. The molecule has 9 heteroatoms. The van der Waals surface area contributed by atoms with Crippen LogP contribution in [0.1, 0.15) is 36.1 Å². The van der Waals surface area contributed by atoms with Crippen molar-refractivity contribution < 1.29 is 4.39 Å². The zero-order chi connectivity index (χ0) is 26.5. The minimum absolute atomic E-state index is 0.128. The highest BCUT2D eigenvalue weighted by Crippen LogP contribution is 2.21. The van der Waals surface area contributed by atoms with Gasteiger partial charge < -0.3 is 17.2 Å². The van der Waals surface area contributed by atoms with Gasteiger partial charge in [0.05, 0.1) is 11.1 Å². The van der Waals surface area contributed by atoms with Gasteiger partial charge >= 0.3 is 0 Å². The van der Waals surface area contributed by atoms with Gasteiger partial charge in [-0.05, 0) is 71.8 Å². The topological polar surface area (TPSA) is 151 Å². The maximum absolute atomic E-state index is 12.6. The Bertz CT molecular complexity index is 1270. The molecule has 1 aromatic heterocycles. The number of rotatable bonds is 0. The SMILES string of the molecule is CC.Cc1cccc(N)c1C#N.Cc1cccc2nc(N)nc(N)c12.N#Cc1c(F)cccc1I. The van der Waals surface area contributed by atoms with Crippen LogP contribution in [0.2, 0.25) is 0 Å². The van der Waals surface area contributed by atoms with Crippen molar-refractivity contribution in [1.29, 1.82) is 10.5 Å². The highest BCUT2D eigenvalue weighted by molar-refractivity contribution is 14.1. The van der Waals surface area contributed by atoms with Gasteiger partial charge in [0.1, 0.15) is 29.3 Å². The van der Waals surface area contributed by atoms with E-state index in [0.717, 1.165) is 22.0 Å². The molecule has 0 aliphatic rings. The smallest absolute Gasteiger partial charge is 0.222 e. The molecule has 0 amide bonds. The molecule has 0 spiro atoms. The number of benzene rings is 3. The molecule has 3 aromatic carbocycles. The summed E-state index contributed by atoms with van der Waals surface area (Å²) in [6.07, 6.45) is 0. The molecule has 0 radical (unpaired) electrons. The Balaban J connectivity index is 0.000000257. The van der Waals surface area contributed by atoms with Crippen molar-refractivity contribution >= 4 is 50.9 Å². The Morgan fingerprint density at radius 3 is 1.89 bits per heavy atom. The highest BCUT2D eigenvalue weighted by atomic mass is 127. The minimum Gasteiger partial charge on any atom is -0.398 e. The second-order valence-electron chi connectivity index (χ2n) is 6.80. The van der Waals surface area contributed by atoms with E-state index in [1.165, 1.54) is 6.07 Å². The summed E-state index contributed by atoms with van der Waals surface area (Å²) >= 11 is 1.92. The molecule has 1 heterocycles. The fourth-order valence-electron chi connectivity index (χ4n) is 2.85. The van der Waals surface area contributed by atoms with E-state index in [4.69, 9.17) is 27.7 Å². The molecule has 180 valence electrons. The average Bonchev–Trinajstić information content (AvgIpc) is 2.81. The lowest BCUT2D eigenvalue weighted by molar-refractivity contribution is 0.623. The van der Waals surface area contributed by atoms with Crippen molar-refractivity contribution in [2.45, 2.75) is 27.7 Å². The van der Waals surface area contributed by atoms with Gasteiger partial charge in [0.2, 0.25) is 5.95 Å². The minimum atomic E-state index is -0.450. The van der Waals surface area contributed by atoms with Crippen molar-refractivity contribution in [2.75, 3.05) is 17.2 Å². The highest BCUT2D eigenvalue weighted by Gasteiger charge is 2.04. The molecule has 0 fully saturated rings. The summed E-state index contributed by atoms with van der Waals surface area (Å²) in [5.41, 5.74) is 20.8. The van der Waals surface area contributed by atoms with Crippen LogP contribution in [0.25, 0.3) is 10.9 Å². The number of nitrogen functional groups attached to an aromatic ring is 3. The van der Waals surface area contributed by atoms with Gasteiger partial charge in [0, 0.05) is 14.6 Å². The Hall–Kier alpha value is -3.96. The first-order valence-electron chi connectivity index (χ1n) is 10.6. The fourth-order valence-corrected chi connectivity index (χ4v) is 3.44. The number of aromatic nitrogens is 2. The Morgan fingerprint density at radius 2 is 1.37 bits per heavy atom. The first-order valence-corrected chi connectivity index (χ1v) is 11.6. The molecule has 6 N–H and O–H groups in total. The number of hydrogen-bond acceptors (Lipinski definition) is 7.